The number of anilines is 1. The number of amides is 4. The fourth-order valence-corrected chi connectivity index (χ4v) is 4.26. The van der Waals surface area contributed by atoms with E-state index in [2.05, 4.69) is 33.2 Å². The van der Waals surface area contributed by atoms with E-state index in [9.17, 15) is 14.4 Å². The van der Waals surface area contributed by atoms with Crippen molar-refractivity contribution in [3.05, 3.63) is 45.8 Å². The highest BCUT2D eigenvalue weighted by molar-refractivity contribution is 7.17. The summed E-state index contributed by atoms with van der Waals surface area (Å²) in [6.07, 6.45) is 1.03. The lowest BCUT2D eigenvalue weighted by Gasteiger charge is -2.19. The van der Waals surface area contributed by atoms with Gasteiger partial charge in [-0.2, -0.15) is 0 Å². The molecular weight excluding hydrogens is 466 g/mol. The van der Waals surface area contributed by atoms with Crippen molar-refractivity contribution in [3.8, 4) is 5.06 Å². The maximum atomic E-state index is 13.0. The van der Waals surface area contributed by atoms with Crippen LogP contribution in [0.25, 0.3) is 0 Å². The minimum Gasteiger partial charge on any atom is -0.399 e. The summed E-state index contributed by atoms with van der Waals surface area (Å²) in [7, 11) is 2.09. The monoisotopic (exact) mass is 493 g/mol. The van der Waals surface area contributed by atoms with Crippen molar-refractivity contribution in [2.45, 2.75) is 25.8 Å². The fraction of sp³-hybridized carbons (Fsp3) is 0.409. The lowest BCUT2D eigenvalue weighted by molar-refractivity contribution is -0.117. The maximum absolute atomic E-state index is 13.0. The highest BCUT2D eigenvalue weighted by atomic mass is 35.5. The molecule has 1 aliphatic heterocycles. The van der Waals surface area contributed by atoms with Gasteiger partial charge >= 0.3 is 12.1 Å². The number of nitrogens with one attached hydrogen (secondary N) is 4. The van der Waals surface area contributed by atoms with Crippen molar-refractivity contribution >= 4 is 46.7 Å². The normalized spacial score (nSPS) is 14.4. The molecule has 1 aliphatic rings. The Kier molecular flexibility index (Phi) is 8.93. The second-order valence-corrected chi connectivity index (χ2v) is 9.34. The van der Waals surface area contributed by atoms with Crippen LogP contribution >= 0.6 is 22.9 Å². The minimum absolute atomic E-state index is 0.117. The van der Waals surface area contributed by atoms with Gasteiger partial charge in [0.05, 0.1) is 4.34 Å². The maximum Gasteiger partial charge on any atom is 0.414 e. The van der Waals surface area contributed by atoms with Crippen LogP contribution in [0.4, 0.5) is 15.3 Å². The number of thiophene rings is 1. The van der Waals surface area contributed by atoms with Gasteiger partial charge in [-0.05, 0) is 62.2 Å². The fourth-order valence-electron chi connectivity index (χ4n) is 3.39. The third-order valence-electron chi connectivity index (χ3n) is 5.15. The molecule has 2 heterocycles. The molecule has 1 atom stereocenters. The summed E-state index contributed by atoms with van der Waals surface area (Å²) in [5, 5.41) is 10.8. The summed E-state index contributed by atoms with van der Waals surface area (Å²) >= 11 is 6.95. The number of ether oxygens (including phenoxy) is 1. The number of benzene rings is 1. The zero-order valence-electron chi connectivity index (χ0n) is 18.6. The SMILES string of the molecule is CCNC(=O)NC[C@@H](NC(=O)Oc1ccc(Cl)s1)C(=O)Nc1ccc2c(c1)CCN(C)CC2. The van der Waals surface area contributed by atoms with Crippen LogP contribution in [0.3, 0.4) is 0 Å². The Morgan fingerprint density at radius 2 is 1.88 bits per heavy atom. The van der Waals surface area contributed by atoms with E-state index in [0.29, 0.717) is 21.6 Å². The molecule has 1 aromatic carbocycles. The van der Waals surface area contributed by atoms with Crippen LogP contribution < -0.4 is 26.0 Å². The van der Waals surface area contributed by atoms with E-state index in [1.807, 2.05) is 18.2 Å². The highest BCUT2D eigenvalue weighted by Gasteiger charge is 2.23. The van der Waals surface area contributed by atoms with Gasteiger partial charge in [-0.25, -0.2) is 9.59 Å². The lowest BCUT2D eigenvalue weighted by Crippen LogP contribution is -2.52. The van der Waals surface area contributed by atoms with E-state index in [0.717, 1.165) is 37.3 Å². The van der Waals surface area contributed by atoms with Crippen LogP contribution in [0.5, 0.6) is 5.06 Å². The van der Waals surface area contributed by atoms with Crippen LogP contribution in [-0.4, -0.2) is 62.2 Å². The second kappa shape index (κ2) is 11.9. The third-order valence-corrected chi connectivity index (χ3v) is 6.26. The smallest absolute Gasteiger partial charge is 0.399 e. The van der Waals surface area contributed by atoms with Crippen molar-refractivity contribution in [1.29, 1.82) is 0 Å². The molecule has 2 aromatic rings. The molecule has 3 rings (SSSR count). The van der Waals surface area contributed by atoms with E-state index in [-0.39, 0.29) is 6.54 Å². The van der Waals surface area contributed by atoms with Crippen molar-refractivity contribution in [1.82, 2.24) is 20.9 Å². The first-order valence-electron chi connectivity index (χ1n) is 10.7. The zero-order chi connectivity index (χ0) is 23.8. The van der Waals surface area contributed by atoms with Crippen LogP contribution in [0.2, 0.25) is 4.34 Å². The predicted octanol–water partition coefficient (Wildman–Crippen LogP) is 2.85. The van der Waals surface area contributed by atoms with Gasteiger partial charge in [0.15, 0.2) is 5.06 Å². The number of urea groups is 1. The van der Waals surface area contributed by atoms with Crippen molar-refractivity contribution in [3.63, 3.8) is 0 Å². The lowest BCUT2D eigenvalue weighted by atomic mass is 10.0. The molecule has 0 radical (unpaired) electrons. The van der Waals surface area contributed by atoms with Gasteiger partial charge in [-0.15, -0.1) is 0 Å². The number of hydrogen-bond donors (Lipinski definition) is 4. The highest BCUT2D eigenvalue weighted by Crippen LogP contribution is 2.28. The summed E-state index contributed by atoms with van der Waals surface area (Å²) in [4.78, 5) is 39.4. The third kappa shape index (κ3) is 7.62. The molecule has 11 heteroatoms. The average Bonchev–Trinajstić information content (AvgIpc) is 3.08. The summed E-state index contributed by atoms with van der Waals surface area (Å²) in [6, 6.07) is 7.50. The number of likely N-dealkylation sites (N-methyl/N-ethyl adjacent to an activating group) is 1. The number of halogens is 1. The summed E-state index contributed by atoms with van der Waals surface area (Å²) in [5.41, 5.74) is 3.09. The number of hydrogen-bond acceptors (Lipinski definition) is 6. The van der Waals surface area contributed by atoms with E-state index in [4.69, 9.17) is 16.3 Å². The van der Waals surface area contributed by atoms with E-state index in [1.54, 1.807) is 19.1 Å². The molecule has 9 nitrogen and oxygen atoms in total. The Morgan fingerprint density at radius 1 is 1.12 bits per heavy atom. The van der Waals surface area contributed by atoms with Gasteiger partial charge in [0, 0.05) is 31.9 Å². The molecule has 178 valence electrons. The molecule has 4 N–H and O–H groups in total. The summed E-state index contributed by atoms with van der Waals surface area (Å²) < 4.78 is 5.66. The predicted molar refractivity (Wildman–Crippen MR) is 129 cm³/mol. The average molecular weight is 494 g/mol. The zero-order valence-corrected chi connectivity index (χ0v) is 20.1. The quantitative estimate of drug-likeness (QED) is 0.474. The van der Waals surface area contributed by atoms with Crippen molar-refractivity contribution in [2.24, 2.45) is 0 Å². The molecule has 0 bridgehead atoms. The number of carbonyl (C=O) groups is 3. The number of nitrogens with zero attached hydrogens (tertiary/aromatic N) is 1. The largest absolute Gasteiger partial charge is 0.414 e. The molecule has 0 spiro atoms. The van der Waals surface area contributed by atoms with Crippen LogP contribution in [0.15, 0.2) is 30.3 Å². The number of rotatable bonds is 7. The first-order valence-corrected chi connectivity index (χ1v) is 11.9. The van der Waals surface area contributed by atoms with Crippen molar-refractivity contribution < 1.29 is 19.1 Å². The molecule has 0 saturated carbocycles. The van der Waals surface area contributed by atoms with E-state index < -0.39 is 24.1 Å². The van der Waals surface area contributed by atoms with Gasteiger partial charge in [0.25, 0.3) is 0 Å². The standard InChI is InChI=1S/C22H28ClN5O4S/c1-3-24-21(30)25-13-17(27-22(31)32-19-7-6-18(23)33-19)20(29)26-16-5-4-14-8-10-28(2)11-9-15(14)12-16/h4-7,12,17H,3,8-11,13H2,1-2H3,(H,26,29)(H,27,31)(H2,24,25,30)/t17-/m1/s1. The van der Waals surface area contributed by atoms with E-state index in [1.165, 1.54) is 11.1 Å². The van der Waals surface area contributed by atoms with Gasteiger partial charge in [-0.1, -0.05) is 29.0 Å². The Bertz CT molecular complexity index is 999. The molecule has 33 heavy (non-hydrogen) atoms. The molecule has 4 amide bonds. The first kappa shape index (κ1) is 24.8. The number of fused-ring (bicyclic) bond motifs is 1. The second-order valence-electron chi connectivity index (χ2n) is 7.66. The van der Waals surface area contributed by atoms with E-state index >= 15 is 0 Å². The number of carbonyl (C=O) groups excluding carboxylic acids is 3. The van der Waals surface area contributed by atoms with Crippen LogP contribution in [0, 0.1) is 0 Å². The van der Waals surface area contributed by atoms with Crippen LogP contribution in [-0.2, 0) is 17.6 Å². The molecule has 0 aliphatic carbocycles. The van der Waals surface area contributed by atoms with Gasteiger partial charge in [0.1, 0.15) is 6.04 Å². The topological polar surface area (TPSA) is 112 Å². The Balaban J connectivity index is 1.67. The Morgan fingerprint density at radius 3 is 2.58 bits per heavy atom. The molecular formula is C22H28ClN5O4S. The Labute approximate surface area is 201 Å². The Hall–Kier alpha value is -2.82. The van der Waals surface area contributed by atoms with Crippen molar-refractivity contribution in [2.75, 3.05) is 38.5 Å². The first-order chi connectivity index (χ1) is 15.8. The molecule has 1 aromatic heterocycles. The van der Waals surface area contributed by atoms with Gasteiger partial charge in [-0.3, -0.25) is 4.79 Å². The molecule has 0 saturated heterocycles. The van der Waals surface area contributed by atoms with Gasteiger partial charge in [0.2, 0.25) is 5.91 Å². The van der Waals surface area contributed by atoms with Gasteiger partial charge < -0.3 is 30.9 Å². The summed E-state index contributed by atoms with van der Waals surface area (Å²) in [5.74, 6) is -0.473. The summed E-state index contributed by atoms with van der Waals surface area (Å²) in [6.45, 7) is 4.04. The molecule has 0 unspecified atom stereocenters. The molecule has 0 fully saturated rings. The van der Waals surface area contributed by atoms with Crippen LogP contribution in [0.1, 0.15) is 18.1 Å². The minimum atomic E-state index is -1.06.